The van der Waals surface area contributed by atoms with Crippen LogP contribution in [0, 0.1) is 6.92 Å². The van der Waals surface area contributed by atoms with Gasteiger partial charge < -0.3 is 0 Å². The summed E-state index contributed by atoms with van der Waals surface area (Å²) in [6.45, 7) is 6.14. The molecule has 0 saturated carbocycles. The second-order valence-electron chi connectivity index (χ2n) is 4.00. The van der Waals surface area contributed by atoms with Crippen LogP contribution in [0.15, 0.2) is 0 Å². The number of aromatic nitrogens is 6. The number of hydrogen-bond donors (Lipinski definition) is 0. The molecule has 0 fully saturated rings. The van der Waals surface area contributed by atoms with E-state index in [1.807, 2.05) is 6.92 Å². The molecule has 17 heavy (non-hydrogen) atoms. The Bertz CT molecular complexity index is 664. The van der Waals surface area contributed by atoms with Crippen molar-refractivity contribution in [2.75, 3.05) is 0 Å². The molecule has 0 atom stereocenters. The molecule has 6 nitrogen and oxygen atoms in total. The summed E-state index contributed by atoms with van der Waals surface area (Å²) in [5.74, 6) is 1.13. The molecule has 0 spiro atoms. The minimum absolute atomic E-state index is 0.398. The lowest BCUT2D eigenvalue weighted by atomic mass is 10.2. The van der Waals surface area contributed by atoms with E-state index >= 15 is 0 Å². The Morgan fingerprint density at radius 1 is 1.18 bits per heavy atom. The van der Waals surface area contributed by atoms with E-state index < -0.39 is 0 Å². The van der Waals surface area contributed by atoms with Gasteiger partial charge in [0.25, 0.3) is 0 Å². The highest BCUT2D eigenvalue weighted by Gasteiger charge is 2.18. The van der Waals surface area contributed by atoms with Gasteiger partial charge in [0.15, 0.2) is 5.82 Å². The van der Waals surface area contributed by atoms with Gasteiger partial charge in [0, 0.05) is 5.92 Å². The van der Waals surface area contributed by atoms with E-state index in [1.54, 1.807) is 15.9 Å². The number of rotatable bonds is 2. The molecule has 8 heteroatoms. The van der Waals surface area contributed by atoms with Gasteiger partial charge in [-0.05, 0) is 18.5 Å². The third-order valence-electron chi connectivity index (χ3n) is 2.36. The lowest BCUT2D eigenvalue weighted by Gasteiger charge is -1.95. The average molecular weight is 266 g/mol. The first-order valence-electron chi connectivity index (χ1n) is 5.18. The first-order valence-corrected chi connectivity index (χ1v) is 6.77. The van der Waals surface area contributed by atoms with Crippen molar-refractivity contribution in [2.24, 2.45) is 0 Å². The Kier molecular flexibility index (Phi) is 2.40. The Morgan fingerprint density at radius 3 is 2.65 bits per heavy atom. The van der Waals surface area contributed by atoms with Crippen LogP contribution in [0.1, 0.15) is 30.5 Å². The van der Waals surface area contributed by atoms with Crippen molar-refractivity contribution in [3.05, 3.63) is 10.7 Å². The fraction of sp³-hybridized carbons (Fsp3) is 0.444. The van der Waals surface area contributed by atoms with Gasteiger partial charge in [0.1, 0.15) is 9.88 Å². The van der Waals surface area contributed by atoms with E-state index in [2.05, 4.69) is 38.7 Å². The number of fused-ring (bicyclic) bond motifs is 1. The van der Waals surface area contributed by atoms with Crippen LogP contribution < -0.4 is 0 Å². The van der Waals surface area contributed by atoms with Crippen molar-refractivity contribution in [1.82, 2.24) is 29.4 Å². The van der Waals surface area contributed by atoms with Gasteiger partial charge >= 0.3 is 0 Å². The zero-order valence-corrected chi connectivity index (χ0v) is 11.2. The number of aryl methyl sites for hydroxylation is 1. The van der Waals surface area contributed by atoms with E-state index in [9.17, 15) is 0 Å². The maximum atomic E-state index is 4.53. The highest BCUT2D eigenvalue weighted by atomic mass is 32.1. The molecule has 3 aromatic rings. The molecule has 0 bridgehead atoms. The van der Waals surface area contributed by atoms with Crippen molar-refractivity contribution in [3.63, 3.8) is 0 Å². The summed E-state index contributed by atoms with van der Waals surface area (Å²) in [4.78, 5) is 1.75. The van der Waals surface area contributed by atoms with Crippen LogP contribution in [0.25, 0.3) is 15.7 Å². The Labute approximate surface area is 105 Å². The predicted molar refractivity (Wildman–Crippen MR) is 66.4 cm³/mol. The molecule has 0 unspecified atom stereocenters. The maximum Gasteiger partial charge on any atom is 0.235 e. The second kappa shape index (κ2) is 3.81. The molecule has 3 aromatic heterocycles. The summed E-state index contributed by atoms with van der Waals surface area (Å²) in [5.41, 5.74) is 0.864. The van der Waals surface area contributed by atoms with Gasteiger partial charge in [-0.2, -0.15) is 9.61 Å². The van der Waals surface area contributed by atoms with E-state index in [1.165, 1.54) is 11.5 Å². The topological polar surface area (TPSA) is 68.9 Å². The zero-order valence-electron chi connectivity index (χ0n) is 9.58. The molecule has 0 aliphatic carbocycles. The lowest BCUT2D eigenvalue weighted by molar-refractivity contribution is 0.802. The van der Waals surface area contributed by atoms with E-state index in [4.69, 9.17) is 0 Å². The van der Waals surface area contributed by atoms with Crippen LogP contribution in [0.3, 0.4) is 0 Å². The van der Waals surface area contributed by atoms with Crippen molar-refractivity contribution in [2.45, 2.75) is 26.7 Å². The van der Waals surface area contributed by atoms with Gasteiger partial charge in [-0.3, -0.25) is 0 Å². The number of hydrogen-bond acceptors (Lipinski definition) is 7. The largest absolute Gasteiger partial charge is 0.235 e. The summed E-state index contributed by atoms with van der Waals surface area (Å²) in [7, 11) is 0. The van der Waals surface area contributed by atoms with Gasteiger partial charge in [0.05, 0.1) is 5.69 Å². The lowest BCUT2D eigenvalue weighted by Crippen LogP contribution is -1.93. The third kappa shape index (κ3) is 1.64. The van der Waals surface area contributed by atoms with Gasteiger partial charge in [0.2, 0.25) is 4.96 Å². The summed E-state index contributed by atoms with van der Waals surface area (Å²) in [5, 5.41) is 17.9. The number of nitrogens with zero attached hydrogens (tertiary/aromatic N) is 6. The van der Waals surface area contributed by atoms with Crippen molar-refractivity contribution < 1.29 is 0 Å². The van der Waals surface area contributed by atoms with E-state index in [0.29, 0.717) is 5.92 Å². The van der Waals surface area contributed by atoms with Crippen molar-refractivity contribution in [3.8, 4) is 10.7 Å². The first-order chi connectivity index (χ1) is 8.16. The van der Waals surface area contributed by atoms with Crippen molar-refractivity contribution >= 4 is 27.8 Å². The minimum atomic E-state index is 0.398. The molecule has 0 amide bonds. The molecular formula is C9H10N6S2. The Morgan fingerprint density at radius 2 is 2.00 bits per heavy atom. The first kappa shape index (κ1) is 10.7. The fourth-order valence-corrected chi connectivity index (χ4v) is 2.91. The van der Waals surface area contributed by atoms with E-state index in [-0.39, 0.29) is 0 Å². The van der Waals surface area contributed by atoms with E-state index in [0.717, 1.165) is 26.4 Å². The normalized spacial score (nSPS) is 11.8. The molecule has 0 aliphatic heterocycles. The quantitative estimate of drug-likeness (QED) is 0.710. The van der Waals surface area contributed by atoms with Gasteiger partial charge in [-0.1, -0.05) is 29.7 Å². The molecule has 0 saturated heterocycles. The average Bonchev–Trinajstić information content (AvgIpc) is 2.91. The van der Waals surface area contributed by atoms with Crippen LogP contribution in [0.5, 0.6) is 0 Å². The standard InChI is InChI=1S/C9H10N6S2/c1-4(2)8-13-15-7(11-12-9(15)16-8)6-5(3)10-14-17-6/h4H,1-3H3. The van der Waals surface area contributed by atoms with Gasteiger partial charge in [-0.25, -0.2) is 0 Å². The molecule has 88 valence electrons. The van der Waals surface area contributed by atoms with Crippen molar-refractivity contribution in [1.29, 1.82) is 0 Å². The smallest absolute Gasteiger partial charge is 0.182 e. The molecule has 0 radical (unpaired) electrons. The SMILES string of the molecule is Cc1nnsc1-c1nnc2sc(C(C)C)nn12. The summed E-state index contributed by atoms with van der Waals surface area (Å²) >= 11 is 2.89. The monoisotopic (exact) mass is 266 g/mol. The van der Waals surface area contributed by atoms with Crippen LogP contribution in [0.2, 0.25) is 0 Å². The zero-order chi connectivity index (χ0) is 12.0. The maximum absolute atomic E-state index is 4.53. The summed E-state index contributed by atoms with van der Waals surface area (Å²) < 4.78 is 5.69. The van der Waals surface area contributed by atoms with Crippen LogP contribution in [0.4, 0.5) is 0 Å². The molecule has 0 aromatic carbocycles. The molecule has 3 rings (SSSR count). The minimum Gasteiger partial charge on any atom is -0.182 e. The van der Waals surface area contributed by atoms with Gasteiger partial charge in [-0.15, -0.1) is 15.3 Å². The highest BCUT2D eigenvalue weighted by Crippen LogP contribution is 2.27. The predicted octanol–water partition coefficient (Wildman–Crippen LogP) is 2.14. The highest BCUT2D eigenvalue weighted by molar-refractivity contribution is 7.16. The second-order valence-corrected chi connectivity index (χ2v) is 5.74. The summed E-state index contributed by atoms with van der Waals surface area (Å²) in [6, 6.07) is 0. The van der Waals surface area contributed by atoms with Crippen LogP contribution in [-0.2, 0) is 0 Å². The molecule has 0 aliphatic rings. The van der Waals surface area contributed by atoms with Crippen LogP contribution in [-0.4, -0.2) is 29.4 Å². The molecule has 0 N–H and O–H groups in total. The molecular weight excluding hydrogens is 256 g/mol. The van der Waals surface area contributed by atoms with Crippen LogP contribution >= 0.6 is 22.9 Å². The molecule has 3 heterocycles. The summed E-state index contributed by atoms with van der Waals surface area (Å²) in [6.07, 6.45) is 0. The third-order valence-corrected chi connectivity index (χ3v) is 4.38. The fourth-order valence-electron chi connectivity index (χ4n) is 1.44. The Balaban J connectivity index is 2.21. The Hall–Kier alpha value is -1.41.